The molecule has 2 atom stereocenters. The summed E-state index contributed by atoms with van der Waals surface area (Å²) in [5.74, 6) is 0.550. The van der Waals surface area contributed by atoms with Crippen LogP contribution in [-0.4, -0.2) is 51.7 Å². The molecule has 0 aromatic carbocycles. The van der Waals surface area contributed by atoms with Crippen molar-refractivity contribution in [3.63, 3.8) is 0 Å². The van der Waals surface area contributed by atoms with E-state index in [1.165, 1.54) is 25.5 Å². The fourth-order valence-corrected chi connectivity index (χ4v) is 3.45. The Hall–Kier alpha value is -0.930. The summed E-state index contributed by atoms with van der Waals surface area (Å²) < 4.78 is 33.2. The highest BCUT2D eigenvalue weighted by Gasteiger charge is 2.31. The lowest BCUT2D eigenvalue weighted by molar-refractivity contribution is -0.0471. The molecule has 2 aliphatic rings. The SMILES string of the molecule is NS(=O)(=O)c1ccc(CNCC2CN3CCCC3CO2)o1. The van der Waals surface area contributed by atoms with Crippen LogP contribution in [0.15, 0.2) is 21.6 Å². The smallest absolute Gasteiger partial charge is 0.271 e. The van der Waals surface area contributed by atoms with Crippen LogP contribution in [0.2, 0.25) is 0 Å². The highest BCUT2D eigenvalue weighted by Crippen LogP contribution is 2.22. The van der Waals surface area contributed by atoms with Crippen LogP contribution >= 0.6 is 0 Å². The summed E-state index contributed by atoms with van der Waals surface area (Å²) in [6.45, 7) is 4.11. The van der Waals surface area contributed by atoms with Crippen molar-refractivity contribution in [2.75, 3.05) is 26.2 Å². The van der Waals surface area contributed by atoms with Crippen LogP contribution in [0.5, 0.6) is 0 Å². The Labute approximate surface area is 124 Å². The number of fused-ring (bicyclic) bond motifs is 1. The van der Waals surface area contributed by atoms with Gasteiger partial charge in [0.25, 0.3) is 10.0 Å². The summed E-state index contributed by atoms with van der Waals surface area (Å²) >= 11 is 0. The molecule has 2 unspecified atom stereocenters. The van der Waals surface area contributed by atoms with E-state index >= 15 is 0 Å². The quantitative estimate of drug-likeness (QED) is 0.786. The molecule has 2 saturated heterocycles. The second-order valence-electron chi connectivity index (χ2n) is 5.64. The van der Waals surface area contributed by atoms with Gasteiger partial charge in [0, 0.05) is 19.1 Å². The highest BCUT2D eigenvalue weighted by molar-refractivity contribution is 7.89. The number of rotatable bonds is 5. The number of furan rings is 1. The molecule has 1 aromatic heterocycles. The maximum Gasteiger partial charge on any atom is 0.271 e. The highest BCUT2D eigenvalue weighted by atomic mass is 32.2. The molecule has 118 valence electrons. The largest absolute Gasteiger partial charge is 0.447 e. The minimum atomic E-state index is -3.76. The molecule has 1 aromatic rings. The first-order chi connectivity index (χ1) is 10.0. The van der Waals surface area contributed by atoms with Gasteiger partial charge in [-0.3, -0.25) is 4.90 Å². The number of morpholine rings is 1. The zero-order chi connectivity index (χ0) is 14.9. The Kier molecular flexibility index (Phi) is 4.32. The van der Waals surface area contributed by atoms with Crippen molar-refractivity contribution in [2.45, 2.75) is 36.6 Å². The molecule has 3 rings (SSSR count). The molecular weight excluding hydrogens is 294 g/mol. The Morgan fingerprint density at radius 3 is 3.05 bits per heavy atom. The second-order valence-corrected chi connectivity index (χ2v) is 7.14. The zero-order valence-electron chi connectivity index (χ0n) is 11.8. The summed E-state index contributed by atoms with van der Waals surface area (Å²) in [6, 6.07) is 3.59. The van der Waals surface area contributed by atoms with Gasteiger partial charge in [-0.2, -0.15) is 0 Å². The zero-order valence-corrected chi connectivity index (χ0v) is 12.6. The van der Waals surface area contributed by atoms with Crippen molar-refractivity contribution < 1.29 is 17.6 Å². The average molecular weight is 315 g/mol. The predicted molar refractivity (Wildman–Crippen MR) is 76.1 cm³/mol. The molecule has 0 spiro atoms. The van der Waals surface area contributed by atoms with Gasteiger partial charge in [-0.05, 0) is 31.5 Å². The minimum Gasteiger partial charge on any atom is -0.447 e. The van der Waals surface area contributed by atoms with E-state index in [0.29, 0.717) is 24.9 Å². The molecule has 0 saturated carbocycles. The van der Waals surface area contributed by atoms with Crippen LogP contribution < -0.4 is 10.5 Å². The van der Waals surface area contributed by atoms with Gasteiger partial charge in [0.05, 0.1) is 19.3 Å². The topological polar surface area (TPSA) is 97.8 Å². The Balaban J connectivity index is 1.45. The molecular formula is C13H21N3O4S. The molecule has 3 N–H and O–H groups in total. The van der Waals surface area contributed by atoms with Crippen LogP contribution in [0.3, 0.4) is 0 Å². The van der Waals surface area contributed by atoms with Gasteiger partial charge >= 0.3 is 0 Å². The summed E-state index contributed by atoms with van der Waals surface area (Å²) in [4.78, 5) is 2.49. The van der Waals surface area contributed by atoms with Gasteiger partial charge in [-0.25, -0.2) is 13.6 Å². The van der Waals surface area contributed by atoms with Crippen molar-refractivity contribution in [3.05, 3.63) is 17.9 Å². The molecule has 2 aliphatic heterocycles. The lowest BCUT2D eigenvalue weighted by Gasteiger charge is -2.35. The van der Waals surface area contributed by atoms with Gasteiger partial charge in [0.15, 0.2) is 0 Å². The van der Waals surface area contributed by atoms with Gasteiger partial charge in [0.2, 0.25) is 5.09 Å². The monoisotopic (exact) mass is 315 g/mol. The fourth-order valence-electron chi connectivity index (χ4n) is 2.97. The molecule has 3 heterocycles. The summed E-state index contributed by atoms with van der Waals surface area (Å²) in [5, 5.41) is 8.03. The summed E-state index contributed by atoms with van der Waals surface area (Å²) in [7, 11) is -3.76. The molecule has 0 radical (unpaired) electrons. The van der Waals surface area contributed by atoms with E-state index in [2.05, 4.69) is 10.2 Å². The lowest BCUT2D eigenvalue weighted by Crippen LogP contribution is -2.49. The van der Waals surface area contributed by atoms with E-state index in [9.17, 15) is 8.42 Å². The van der Waals surface area contributed by atoms with E-state index in [0.717, 1.165) is 13.2 Å². The number of sulfonamides is 1. The van der Waals surface area contributed by atoms with Crippen LogP contribution in [0.1, 0.15) is 18.6 Å². The van der Waals surface area contributed by atoms with E-state index in [4.69, 9.17) is 14.3 Å². The molecule has 7 nitrogen and oxygen atoms in total. The third-order valence-corrected chi connectivity index (χ3v) is 4.83. The van der Waals surface area contributed by atoms with E-state index < -0.39 is 10.0 Å². The number of nitrogens with two attached hydrogens (primary N) is 1. The van der Waals surface area contributed by atoms with Gasteiger partial charge in [-0.1, -0.05) is 0 Å². The van der Waals surface area contributed by atoms with Gasteiger partial charge in [0.1, 0.15) is 5.76 Å². The van der Waals surface area contributed by atoms with E-state index in [-0.39, 0.29) is 11.2 Å². The molecule has 0 aliphatic carbocycles. The lowest BCUT2D eigenvalue weighted by atomic mass is 10.2. The van der Waals surface area contributed by atoms with E-state index in [1.807, 2.05) is 0 Å². The van der Waals surface area contributed by atoms with Crippen molar-refractivity contribution >= 4 is 10.0 Å². The first-order valence-corrected chi connectivity index (χ1v) is 8.75. The Morgan fingerprint density at radius 2 is 2.29 bits per heavy atom. The van der Waals surface area contributed by atoms with E-state index in [1.54, 1.807) is 6.07 Å². The number of nitrogens with zero attached hydrogens (tertiary/aromatic N) is 1. The number of hydrogen-bond donors (Lipinski definition) is 2. The Morgan fingerprint density at radius 1 is 1.43 bits per heavy atom. The van der Waals surface area contributed by atoms with Gasteiger partial charge < -0.3 is 14.5 Å². The molecule has 8 heteroatoms. The van der Waals surface area contributed by atoms with Crippen molar-refractivity contribution in [2.24, 2.45) is 5.14 Å². The van der Waals surface area contributed by atoms with Crippen LogP contribution in [0.25, 0.3) is 0 Å². The van der Waals surface area contributed by atoms with Crippen LogP contribution in [0.4, 0.5) is 0 Å². The van der Waals surface area contributed by atoms with Crippen LogP contribution in [0, 0.1) is 0 Å². The molecule has 2 fully saturated rings. The molecule has 0 bridgehead atoms. The summed E-state index contributed by atoms with van der Waals surface area (Å²) in [6.07, 6.45) is 2.67. The Bertz CT molecular complexity index is 586. The number of primary sulfonamides is 1. The first kappa shape index (κ1) is 15.0. The number of nitrogens with one attached hydrogen (secondary N) is 1. The normalized spacial score (nSPS) is 26.9. The minimum absolute atomic E-state index is 0.173. The first-order valence-electron chi connectivity index (χ1n) is 7.20. The number of ether oxygens (including phenoxy) is 1. The average Bonchev–Trinajstić information content (AvgIpc) is 3.05. The van der Waals surface area contributed by atoms with Crippen molar-refractivity contribution in [3.8, 4) is 0 Å². The van der Waals surface area contributed by atoms with Crippen LogP contribution in [-0.2, 0) is 21.3 Å². The number of hydrogen-bond acceptors (Lipinski definition) is 6. The summed E-state index contributed by atoms with van der Waals surface area (Å²) in [5.41, 5.74) is 0. The van der Waals surface area contributed by atoms with Gasteiger partial charge in [-0.15, -0.1) is 0 Å². The third kappa shape index (κ3) is 3.64. The standard InChI is InChI=1S/C13H21N3O4S/c14-21(17,18)13-4-3-11(20-13)6-15-7-12-8-16-5-1-2-10(16)9-19-12/h3-4,10,12,15H,1-2,5-9H2,(H2,14,17,18). The second kappa shape index (κ2) is 6.05. The predicted octanol–water partition coefficient (Wildman–Crippen LogP) is -0.120. The maximum atomic E-state index is 11.1. The molecule has 21 heavy (non-hydrogen) atoms. The van der Waals surface area contributed by atoms with Crippen molar-refractivity contribution in [1.82, 2.24) is 10.2 Å². The maximum absolute atomic E-state index is 11.1. The van der Waals surface area contributed by atoms with Crippen molar-refractivity contribution in [1.29, 1.82) is 0 Å². The fraction of sp³-hybridized carbons (Fsp3) is 0.692. The molecule has 0 amide bonds. The third-order valence-electron chi connectivity index (χ3n) is 4.05.